The van der Waals surface area contributed by atoms with Crippen LogP contribution in [0.15, 0.2) is 0 Å². The minimum atomic E-state index is -0.635. The normalized spacial score (nSPS) is 17.0. The second-order valence-electron chi connectivity index (χ2n) is 5.46. The van der Waals surface area contributed by atoms with Crippen LogP contribution in [0, 0.1) is 0 Å². The standard InChI is InChI=1S/C14H22N4O2S/c15-10-9(12(16)19)14(21-11(10)13(17)20)18-8-6-4-2-1-3-5-7-8/h8,18H,1-7,15H2,(H2,16,19)(H2,17,20). The first-order valence-electron chi connectivity index (χ1n) is 7.29. The van der Waals surface area contributed by atoms with Gasteiger partial charge in [-0.1, -0.05) is 32.1 Å². The van der Waals surface area contributed by atoms with E-state index in [2.05, 4.69) is 5.32 Å². The van der Waals surface area contributed by atoms with E-state index in [-0.39, 0.29) is 22.2 Å². The smallest absolute Gasteiger partial charge is 0.260 e. The molecule has 1 aliphatic carbocycles. The minimum absolute atomic E-state index is 0.0911. The van der Waals surface area contributed by atoms with Crippen molar-refractivity contribution in [2.45, 2.75) is 51.0 Å². The molecule has 2 rings (SSSR count). The van der Waals surface area contributed by atoms with Gasteiger partial charge in [-0.2, -0.15) is 0 Å². The first-order valence-corrected chi connectivity index (χ1v) is 8.10. The van der Waals surface area contributed by atoms with Crippen molar-refractivity contribution in [2.75, 3.05) is 11.1 Å². The maximum absolute atomic E-state index is 11.6. The molecule has 1 aliphatic rings. The zero-order valence-electron chi connectivity index (χ0n) is 12.0. The number of anilines is 2. The molecule has 21 heavy (non-hydrogen) atoms. The number of carbonyl (C=O) groups excluding carboxylic acids is 2. The quantitative estimate of drug-likeness (QED) is 0.679. The molecule has 7 N–H and O–H groups in total. The summed E-state index contributed by atoms with van der Waals surface area (Å²) in [6.07, 6.45) is 8.17. The van der Waals surface area contributed by atoms with E-state index in [0.717, 1.165) is 37.0 Å². The lowest BCUT2D eigenvalue weighted by Gasteiger charge is -2.21. The van der Waals surface area contributed by atoms with Gasteiger partial charge in [-0.15, -0.1) is 11.3 Å². The molecule has 1 saturated carbocycles. The first kappa shape index (κ1) is 15.6. The van der Waals surface area contributed by atoms with Crippen LogP contribution in [0.5, 0.6) is 0 Å². The molecule has 116 valence electrons. The van der Waals surface area contributed by atoms with Gasteiger partial charge in [-0.25, -0.2) is 0 Å². The van der Waals surface area contributed by atoms with Gasteiger partial charge in [0, 0.05) is 6.04 Å². The molecule has 0 saturated heterocycles. The molecule has 0 spiro atoms. The molecule has 0 unspecified atom stereocenters. The van der Waals surface area contributed by atoms with Gasteiger partial charge in [0.15, 0.2) is 0 Å². The number of nitrogens with one attached hydrogen (secondary N) is 1. The highest BCUT2D eigenvalue weighted by molar-refractivity contribution is 7.19. The third-order valence-electron chi connectivity index (χ3n) is 3.86. The van der Waals surface area contributed by atoms with Crippen molar-refractivity contribution in [3.63, 3.8) is 0 Å². The third kappa shape index (κ3) is 3.66. The second kappa shape index (κ2) is 6.80. The number of rotatable bonds is 4. The molecular formula is C14H22N4O2S. The lowest BCUT2D eigenvalue weighted by Crippen LogP contribution is -2.22. The molecule has 0 atom stereocenters. The molecule has 1 aromatic heterocycles. The van der Waals surface area contributed by atoms with E-state index in [0.29, 0.717) is 5.00 Å². The average molecular weight is 310 g/mol. The van der Waals surface area contributed by atoms with Crippen LogP contribution in [-0.4, -0.2) is 17.9 Å². The van der Waals surface area contributed by atoms with Gasteiger partial charge in [0.2, 0.25) is 0 Å². The van der Waals surface area contributed by atoms with Crippen LogP contribution in [0.1, 0.15) is 65.0 Å². The maximum Gasteiger partial charge on any atom is 0.260 e. The topological polar surface area (TPSA) is 124 Å². The Balaban J connectivity index is 2.23. The van der Waals surface area contributed by atoms with Crippen molar-refractivity contribution in [2.24, 2.45) is 11.5 Å². The van der Waals surface area contributed by atoms with Crippen molar-refractivity contribution in [3.05, 3.63) is 10.4 Å². The Morgan fingerprint density at radius 1 is 1.00 bits per heavy atom. The Labute approximate surface area is 128 Å². The summed E-state index contributed by atoms with van der Waals surface area (Å²) in [6, 6.07) is 0.280. The molecular weight excluding hydrogens is 288 g/mol. The molecule has 1 aromatic rings. The largest absolute Gasteiger partial charge is 0.397 e. The van der Waals surface area contributed by atoms with Crippen molar-refractivity contribution >= 4 is 33.8 Å². The highest BCUT2D eigenvalue weighted by Gasteiger charge is 2.24. The van der Waals surface area contributed by atoms with Gasteiger partial charge in [0.05, 0.1) is 11.3 Å². The number of amides is 2. The van der Waals surface area contributed by atoms with Gasteiger partial charge >= 0.3 is 0 Å². The van der Waals surface area contributed by atoms with Gasteiger partial charge in [-0.05, 0) is 12.8 Å². The molecule has 1 fully saturated rings. The number of nitrogen functional groups attached to an aromatic ring is 1. The highest BCUT2D eigenvalue weighted by Crippen LogP contribution is 2.36. The summed E-state index contributed by atoms with van der Waals surface area (Å²) in [7, 11) is 0. The van der Waals surface area contributed by atoms with Crippen LogP contribution >= 0.6 is 11.3 Å². The van der Waals surface area contributed by atoms with Crippen molar-refractivity contribution in [1.29, 1.82) is 0 Å². The summed E-state index contributed by atoms with van der Waals surface area (Å²) in [5.74, 6) is -1.27. The van der Waals surface area contributed by atoms with E-state index in [1.807, 2.05) is 0 Å². The van der Waals surface area contributed by atoms with Crippen LogP contribution in [0.25, 0.3) is 0 Å². The van der Waals surface area contributed by atoms with Crippen LogP contribution in [0.3, 0.4) is 0 Å². The molecule has 6 nitrogen and oxygen atoms in total. The van der Waals surface area contributed by atoms with Gasteiger partial charge in [-0.3, -0.25) is 9.59 Å². The summed E-state index contributed by atoms with van der Waals surface area (Å²) in [4.78, 5) is 23.2. The van der Waals surface area contributed by atoms with Crippen LogP contribution < -0.4 is 22.5 Å². The van der Waals surface area contributed by atoms with Crippen LogP contribution in [0.2, 0.25) is 0 Å². The lowest BCUT2D eigenvalue weighted by atomic mass is 9.97. The van der Waals surface area contributed by atoms with Crippen molar-refractivity contribution < 1.29 is 9.59 Å². The van der Waals surface area contributed by atoms with Crippen LogP contribution in [0.4, 0.5) is 10.7 Å². The molecule has 0 aliphatic heterocycles. The second-order valence-corrected chi connectivity index (χ2v) is 6.48. The van der Waals surface area contributed by atoms with Crippen molar-refractivity contribution in [1.82, 2.24) is 0 Å². The number of primary amides is 2. The fourth-order valence-electron chi connectivity index (χ4n) is 2.76. The summed E-state index contributed by atoms with van der Waals surface area (Å²) in [5, 5.41) is 3.91. The van der Waals surface area contributed by atoms with Gasteiger partial charge < -0.3 is 22.5 Å². The zero-order valence-corrected chi connectivity index (χ0v) is 12.8. The van der Waals surface area contributed by atoms with E-state index in [1.165, 1.54) is 19.3 Å². The Morgan fingerprint density at radius 3 is 2.10 bits per heavy atom. The van der Waals surface area contributed by atoms with Crippen molar-refractivity contribution in [3.8, 4) is 0 Å². The van der Waals surface area contributed by atoms with Crippen LogP contribution in [-0.2, 0) is 0 Å². The fraction of sp³-hybridized carbons (Fsp3) is 0.571. The maximum atomic E-state index is 11.6. The molecule has 0 aromatic carbocycles. The monoisotopic (exact) mass is 310 g/mol. The number of carbonyl (C=O) groups is 2. The molecule has 2 amide bonds. The Morgan fingerprint density at radius 2 is 1.57 bits per heavy atom. The molecule has 7 heteroatoms. The lowest BCUT2D eigenvalue weighted by molar-refractivity contribution is 0.0999. The predicted octanol–water partition coefficient (Wildman–Crippen LogP) is 2.05. The first-order chi connectivity index (χ1) is 10.0. The summed E-state index contributed by atoms with van der Waals surface area (Å²) in [5.41, 5.74) is 16.8. The van der Waals surface area contributed by atoms with E-state index in [9.17, 15) is 9.59 Å². The van der Waals surface area contributed by atoms with Gasteiger partial charge in [0.25, 0.3) is 11.8 Å². The fourth-order valence-corrected chi connectivity index (χ4v) is 3.81. The average Bonchev–Trinajstić information content (AvgIpc) is 2.69. The number of hydrogen-bond donors (Lipinski definition) is 4. The SMILES string of the molecule is NC(=O)c1sc(NC2CCCCCCC2)c(C(N)=O)c1N. The number of thiophene rings is 1. The van der Waals surface area contributed by atoms with E-state index in [4.69, 9.17) is 17.2 Å². The summed E-state index contributed by atoms with van der Waals surface area (Å²) in [6.45, 7) is 0. The minimum Gasteiger partial charge on any atom is -0.397 e. The van der Waals surface area contributed by atoms with E-state index >= 15 is 0 Å². The Kier molecular flexibility index (Phi) is 5.06. The highest BCUT2D eigenvalue weighted by atomic mass is 32.1. The van der Waals surface area contributed by atoms with E-state index < -0.39 is 11.8 Å². The zero-order chi connectivity index (χ0) is 15.4. The number of nitrogens with two attached hydrogens (primary N) is 3. The Bertz CT molecular complexity index is 533. The van der Waals surface area contributed by atoms with E-state index in [1.54, 1.807) is 0 Å². The third-order valence-corrected chi connectivity index (χ3v) is 5.01. The van der Waals surface area contributed by atoms with Gasteiger partial charge in [0.1, 0.15) is 9.88 Å². The summed E-state index contributed by atoms with van der Waals surface area (Å²) >= 11 is 1.12. The number of hydrogen-bond acceptors (Lipinski definition) is 5. The molecule has 1 heterocycles. The molecule has 0 radical (unpaired) electrons. The molecule has 0 bridgehead atoms. The predicted molar refractivity (Wildman–Crippen MR) is 85.5 cm³/mol. The summed E-state index contributed by atoms with van der Waals surface area (Å²) < 4.78 is 0. The Hall–Kier alpha value is -1.76.